The zero-order chi connectivity index (χ0) is 21.2. The van der Waals surface area contributed by atoms with Gasteiger partial charge in [0.25, 0.3) is 0 Å². The van der Waals surface area contributed by atoms with E-state index in [-0.39, 0.29) is 11.3 Å². The lowest BCUT2D eigenvalue weighted by molar-refractivity contribution is -0.616. The van der Waals surface area contributed by atoms with Crippen molar-refractivity contribution in [2.45, 2.75) is 37.6 Å². The van der Waals surface area contributed by atoms with Gasteiger partial charge in [0.05, 0.1) is 22.8 Å². The summed E-state index contributed by atoms with van der Waals surface area (Å²) in [5.41, 5.74) is 0.639. The molecule has 6 aliphatic carbocycles. The molecule has 0 spiro atoms. The summed E-state index contributed by atoms with van der Waals surface area (Å²) in [7, 11) is -0.0382. The van der Waals surface area contributed by atoms with Gasteiger partial charge in [0, 0.05) is 5.41 Å². The predicted octanol–water partition coefficient (Wildman–Crippen LogP) is 1.81. The molecule has 7 heteroatoms. The van der Waals surface area contributed by atoms with Crippen LogP contribution in [0.4, 0.5) is 0 Å². The Hall–Kier alpha value is -1.73. The van der Waals surface area contributed by atoms with Crippen molar-refractivity contribution in [2.75, 3.05) is 7.11 Å². The van der Waals surface area contributed by atoms with Crippen molar-refractivity contribution in [3.05, 3.63) is 35.9 Å². The molecule has 6 fully saturated rings. The van der Waals surface area contributed by atoms with Crippen LogP contribution < -0.4 is 10.0 Å². The van der Waals surface area contributed by atoms with E-state index in [0.717, 1.165) is 23.7 Å². The van der Waals surface area contributed by atoms with E-state index in [0.29, 0.717) is 23.3 Å². The molecule has 0 heterocycles. The Bertz CT molecular complexity index is 920. The van der Waals surface area contributed by atoms with Crippen molar-refractivity contribution in [3.63, 3.8) is 0 Å². The smallest absolute Gasteiger partial charge is 0.333 e. The van der Waals surface area contributed by atoms with Crippen molar-refractivity contribution < 1.29 is 18.5 Å². The summed E-state index contributed by atoms with van der Waals surface area (Å²) in [4.78, 5) is 26.1. The van der Waals surface area contributed by atoms with E-state index in [1.54, 1.807) is 0 Å². The summed E-state index contributed by atoms with van der Waals surface area (Å²) in [6.45, 7) is 5.73. The summed E-state index contributed by atoms with van der Waals surface area (Å²) < 4.78 is 20.7. The maximum Gasteiger partial charge on any atom is 0.333 e. The minimum atomic E-state index is -1.36. The number of ether oxygens (including phenoxy) is 1. The molecule has 1 aromatic rings. The molecular weight excluding hydrogens is 400 g/mol. The minimum absolute atomic E-state index is 0.0445. The van der Waals surface area contributed by atoms with Crippen molar-refractivity contribution >= 4 is 22.9 Å². The van der Waals surface area contributed by atoms with Crippen LogP contribution in [0.5, 0.6) is 0 Å². The molecule has 30 heavy (non-hydrogen) atoms. The van der Waals surface area contributed by atoms with Crippen molar-refractivity contribution in [1.29, 1.82) is 0 Å². The highest BCUT2D eigenvalue weighted by Crippen LogP contribution is 3.06. The quantitative estimate of drug-likeness (QED) is 0.649. The van der Waals surface area contributed by atoms with Crippen LogP contribution in [0.2, 0.25) is 0 Å². The van der Waals surface area contributed by atoms with Crippen LogP contribution in [-0.4, -0.2) is 34.0 Å². The van der Waals surface area contributed by atoms with Crippen LogP contribution in [0.3, 0.4) is 0 Å². The molecule has 1 aromatic carbocycles. The monoisotopic (exact) mass is 428 g/mol. The number of methoxy groups -OCH3 is 1. The maximum absolute atomic E-state index is 13.6. The van der Waals surface area contributed by atoms with Gasteiger partial charge in [-0.05, 0) is 67.8 Å². The first-order chi connectivity index (χ1) is 14.2. The lowest BCUT2D eigenvalue weighted by atomic mass is 8.96. The summed E-state index contributed by atoms with van der Waals surface area (Å²) >= 11 is 0. The van der Waals surface area contributed by atoms with Gasteiger partial charge in [0.2, 0.25) is 5.91 Å². The maximum atomic E-state index is 13.6. The molecule has 7 rings (SSSR count). The van der Waals surface area contributed by atoms with E-state index in [1.165, 1.54) is 7.11 Å². The Kier molecular flexibility index (Phi) is 3.63. The molecule has 6 nitrogen and oxygen atoms in total. The Morgan fingerprint density at radius 1 is 1.03 bits per heavy atom. The Morgan fingerprint density at radius 2 is 1.60 bits per heavy atom. The van der Waals surface area contributed by atoms with Gasteiger partial charge in [-0.2, -0.15) is 0 Å². The van der Waals surface area contributed by atoms with Gasteiger partial charge in [-0.3, -0.25) is 4.79 Å². The Morgan fingerprint density at radius 3 is 2.10 bits per heavy atom. The standard InChI is InChI=1S/C23H28N2O4S/c1-22(2,3)30(28)25-19(23-15-12-11-13(15)17(23)14(11)16(12)23)20(26)24-18(21(27)29-4)10-8-6-5-7-9-10/h5-9,11-19,25H,1-4H3,(H,24,26)/t11?,12?,13?,14?,15?,16?,17?,18-,19-,23?,30?/m1/s1. The zero-order valence-corrected chi connectivity index (χ0v) is 18.4. The fraction of sp³-hybridized carbons (Fsp3) is 0.652. The second kappa shape index (κ2) is 5.74. The van der Waals surface area contributed by atoms with E-state index >= 15 is 0 Å². The SMILES string of the molecule is COC(=O)[C@H](NC(=O)[C@@H](NS(=O)C(C)(C)C)C12C3C4C5C3C1C5C42)c1ccccc1. The van der Waals surface area contributed by atoms with E-state index in [1.807, 2.05) is 51.1 Å². The normalized spacial score (nSPS) is 43.3. The third kappa shape index (κ3) is 1.89. The zero-order valence-electron chi connectivity index (χ0n) is 17.6. The van der Waals surface area contributed by atoms with Gasteiger partial charge < -0.3 is 10.1 Å². The minimum Gasteiger partial charge on any atom is -0.467 e. The van der Waals surface area contributed by atoms with Gasteiger partial charge >= 0.3 is 5.97 Å². The molecule has 6 saturated carbocycles. The Balaban J connectivity index is 1.28. The van der Waals surface area contributed by atoms with E-state index in [4.69, 9.17) is 4.74 Å². The number of carbonyl (C=O) groups is 2. The van der Waals surface area contributed by atoms with Crippen LogP contribution in [0.1, 0.15) is 32.4 Å². The first kappa shape index (κ1) is 19.0. The molecule has 6 aliphatic rings. The molecule has 0 aromatic heterocycles. The van der Waals surface area contributed by atoms with Gasteiger partial charge in [0.15, 0.2) is 6.04 Å². The Labute approximate surface area is 179 Å². The fourth-order valence-corrected chi connectivity index (χ4v) is 8.91. The molecule has 0 aliphatic heterocycles. The molecule has 0 saturated heterocycles. The van der Waals surface area contributed by atoms with E-state index in [9.17, 15) is 13.8 Å². The summed E-state index contributed by atoms with van der Waals surface area (Å²) in [5, 5.41) is 2.94. The average Bonchev–Trinajstić information content (AvgIpc) is 2.75. The molecule has 0 bridgehead atoms. The second-order valence-electron chi connectivity index (χ2n) is 10.7. The largest absolute Gasteiger partial charge is 0.467 e. The molecule has 0 radical (unpaired) electrons. The molecule has 1 unspecified atom stereocenters. The highest BCUT2D eigenvalue weighted by Gasteiger charge is 3.05. The summed E-state index contributed by atoms with van der Waals surface area (Å²) in [5.74, 6) is 4.42. The van der Waals surface area contributed by atoms with Crippen molar-refractivity contribution in [3.8, 4) is 0 Å². The number of hydrogen-bond acceptors (Lipinski definition) is 4. The fourth-order valence-electron chi connectivity index (χ4n) is 8.03. The molecule has 1 amide bonds. The number of nitrogens with one attached hydrogen (secondary N) is 2. The second-order valence-corrected chi connectivity index (χ2v) is 12.7. The lowest BCUT2D eigenvalue weighted by Crippen LogP contribution is -3.08. The highest BCUT2D eigenvalue weighted by molar-refractivity contribution is 7.84. The van der Waals surface area contributed by atoms with Crippen LogP contribution in [0, 0.1) is 46.8 Å². The van der Waals surface area contributed by atoms with Crippen LogP contribution >= 0.6 is 0 Å². The number of esters is 1. The topological polar surface area (TPSA) is 84.5 Å². The number of hydrogen-bond donors (Lipinski definition) is 2. The van der Waals surface area contributed by atoms with Crippen LogP contribution in [-0.2, 0) is 25.3 Å². The number of benzene rings is 1. The summed E-state index contributed by atoms with van der Waals surface area (Å²) in [6, 6.07) is 7.75. The molecule has 3 atom stereocenters. The lowest BCUT2D eigenvalue weighted by Gasteiger charge is -3.08. The first-order valence-corrected chi connectivity index (χ1v) is 12.0. The van der Waals surface area contributed by atoms with E-state index in [2.05, 4.69) is 10.0 Å². The van der Waals surface area contributed by atoms with Gasteiger partial charge in [-0.1, -0.05) is 30.3 Å². The predicted molar refractivity (Wildman–Crippen MR) is 111 cm³/mol. The molecule has 160 valence electrons. The molecular formula is C23H28N2O4S. The van der Waals surface area contributed by atoms with Crippen molar-refractivity contribution in [2.24, 2.45) is 46.8 Å². The van der Waals surface area contributed by atoms with Crippen molar-refractivity contribution in [1.82, 2.24) is 10.0 Å². The summed E-state index contributed by atoms with van der Waals surface area (Å²) in [6.07, 6.45) is 0. The van der Waals surface area contributed by atoms with E-state index < -0.39 is 33.8 Å². The van der Waals surface area contributed by atoms with Gasteiger partial charge in [-0.25, -0.2) is 13.7 Å². The van der Waals surface area contributed by atoms with Gasteiger partial charge in [-0.15, -0.1) is 0 Å². The number of rotatable bonds is 7. The van der Waals surface area contributed by atoms with Crippen LogP contribution in [0.15, 0.2) is 30.3 Å². The first-order valence-electron chi connectivity index (χ1n) is 10.9. The third-order valence-electron chi connectivity index (χ3n) is 8.95. The average molecular weight is 429 g/mol. The van der Waals surface area contributed by atoms with Gasteiger partial charge in [0.1, 0.15) is 6.04 Å². The highest BCUT2D eigenvalue weighted by atomic mass is 32.2. The number of carbonyl (C=O) groups excluding carboxylic acids is 2. The van der Waals surface area contributed by atoms with Crippen LogP contribution in [0.25, 0.3) is 0 Å². The number of amides is 1. The molecule has 2 N–H and O–H groups in total. The third-order valence-corrected chi connectivity index (χ3v) is 10.5.